The molecule has 12 heavy (non-hydrogen) atoms. The molecule has 0 atom stereocenters. The van der Waals surface area contributed by atoms with E-state index in [1.807, 2.05) is 0 Å². The molecule has 0 aliphatic carbocycles. The van der Waals surface area contributed by atoms with Gasteiger partial charge in [-0.25, -0.2) is 0 Å². The van der Waals surface area contributed by atoms with E-state index in [4.69, 9.17) is 0 Å². The summed E-state index contributed by atoms with van der Waals surface area (Å²) >= 11 is 0. The van der Waals surface area contributed by atoms with Crippen LogP contribution in [-0.4, -0.2) is 57.2 Å². The SMILES string of the molecule is CCCC[N+](C)(C)CCN(C)C. The standard InChI is InChI=1S/C10H25N2/c1-6-7-9-12(4,5)10-8-11(2)3/h6-10H2,1-5H3/q+1. The average Bonchev–Trinajstić information content (AvgIpc) is 1.98. The van der Waals surface area contributed by atoms with Gasteiger partial charge in [0.15, 0.2) is 0 Å². The van der Waals surface area contributed by atoms with Gasteiger partial charge in [0.05, 0.1) is 27.2 Å². The quantitative estimate of drug-likeness (QED) is 0.549. The van der Waals surface area contributed by atoms with E-state index in [1.54, 1.807) is 0 Å². The first-order chi connectivity index (χ1) is 5.48. The molecule has 0 aromatic heterocycles. The van der Waals surface area contributed by atoms with Crippen molar-refractivity contribution in [1.29, 1.82) is 0 Å². The summed E-state index contributed by atoms with van der Waals surface area (Å²) in [5.41, 5.74) is 0. The molecule has 0 aliphatic rings. The molecule has 0 radical (unpaired) electrons. The minimum atomic E-state index is 1.16. The van der Waals surface area contributed by atoms with Crippen molar-refractivity contribution in [1.82, 2.24) is 4.90 Å². The first-order valence-electron chi connectivity index (χ1n) is 4.94. The summed E-state index contributed by atoms with van der Waals surface area (Å²) in [5.74, 6) is 0. The predicted molar refractivity (Wildman–Crippen MR) is 55.3 cm³/mol. The van der Waals surface area contributed by atoms with Gasteiger partial charge < -0.3 is 9.38 Å². The molecule has 0 fully saturated rings. The van der Waals surface area contributed by atoms with Gasteiger partial charge in [0, 0.05) is 6.54 Å². The average molecular weight is 173 g/mol. The van der Waals surface area contributed by atoms with Crippen LogP contribution in [0.25, 0.3) is 0 Å². The highest BCUT2D eigenvalue weighted by atomic mass is 15.3. The Bertz CT molecular complexity index is 108. The third kappa shape index (κ3) is 6.62. The van der Waals surface area contributed by atoms with Gasteiger partial charge in [0.1, 0.15) is 0 Å². The summed E-state index contributed by atoms with van der Waals surface area (Å²) < 4.78 is 1.16. The smallest absolute Gasteiger partial charge is 0.0911 e. The van der Waals surface area contributed by atoms with E-state index < -0.39 is 0 Å². The lowest BCUT2D eigenvalue weighted by Gasteiger charge is -2.30. The second kappa shape index (κ2) is 5.55. The monoisotopic (exact) mass is 173 g/mol. The largest absolute Gasteiger partial charge is 0.327 e. The van der Waals surface area contributed by atoms with Gasteiger partial charge in [-0.15, -0.1) is 0 Å². The van der Waals surface area contributed by atoms with Crippen molar-refractivity contribution in [2.24, 2.45) is 0 Å². The van der Waals surface area contributed by atoms with E-state index in [9.17, 15) is 0 Å². The Morgan fingerprint density at radius 3 is 2.08 bits per heavy atom. The summed E-state index contributed by atoms with van der Waals surface area (Å²) in [6.07, 6.45) is 2.66. The van der Waals surface area contributed by atoms with E-state index in [0.717, 1.165) is 4.48 Å². The highest BCUT2D eigenvalue weighted by molar-refractivity contribution is 4.42. The van der Waals surface area contributed by atoms with E-state index in [-0.39, 0.29) is 0 Å². The minimum absolute atomic E-state index is 1.16. The van der Waals surface area contributed by atoms with Crippen molar-refractivity contribution < 1.29 is 4.48 Å². The zero-order valence-electron chi connectivity index (χ0n) is 9.43. The Morgan fingerprint density at radius 2 is 1.67 bits per heavy atom. The fraction of sp³-hybridized carbons (Fsp3) is 1.00. The van der Waals surface area contributed by atoms with Crippen molar-refractivity contribution in [2.75, 3.05) is 47.8 Å². The number of unbranched alkanes of at least 4 members (excludes halogenated alkanes) is 1. The van der Waals surface area contributed by atoms with Crippen LogP contribution in [-0.2, 0) is 0 Å². The summed E-state index contributed by atoms with van der Waals surface area (Å²) in [6.45, 7) is 6.01. The third-order valence-electron chi connectivity index (χ3n) is 2.27. The summed E-state index contributed by atoms with van der Waals surface area (Å²) in [4.78, 5) is 2.26. The molecular weight excluding hydrogens is 148 g/mol. The second-order valence-corrected chi connectivity index (χ2v) is 4.54. The van der Waals surface area contributed by atoms with E-state index >= 15 is 0 Å². The Hall–Kier alpha value is -0.0800. The molecule has 0 N–H and O–H groups in total. The highest BCUT2D eigenvalue weighted by Gasteiger charge is 2.13. The number of quaternary nitrogens is 1. The van der Waals surface area contributed by atoms with Crippen molar-refractivity contribution in [3.8, 4) is 0 Å². The molecule has 0 amide bonds. The normalized spacial score (nSPS) is 12.5. The Kier molecular flexibility index (Phi) is 5.51. The fourth-order valence-corrected chi connectivity index (χ4v) is 1.17. The molecule has 74 valence electrons. The second-order valence-electron chi connectivity index (χ2n) is 4.54. The number of hydrogen-bond donors (Lipinski definition) is 0. The lowest BCUT2D eigenvalue weighted by molar-refractivity contribution is -0.890. The zero-order valence-corrected chi connectivity index (χ0v) is 9.43. The van der Waals surface area contributed by atoms with Gasteiger partial charge in [-0.3, -0.25) is 0 Å². The van der Waals surface area contributed by atoms with E-state index in [0.29, 0.717) is 0 Å². The van der Waals surface area contributed by atoms with Crippen LogP contribution in [0.3, 0.4) is 0 Å². The molecule has 0 unspecified atom stereocenters. The highest BCUT2D eigenvalue weighted by Crippen LogP contribution is 2.00. The fourth-order valence-electron chi connectivity index (χ4n) is 1.17. The van der Waals surface area contributed by atoms with Gasteiger partial charge in [-0.2, -0.15) is 0 Å². The van der Waals surface area contributed by atoms with Gasteiger partial charge in [-0.1, -0.05) is 13.3 Å². The molecular formula is C10H25N2+. The first-order valence-corrected chi connectivity index (χ1v) is 4.94. The van der Waals surface area contributed by atoms with Crippen LogP contribution in [0.5, 0.6) is 0 Å². The molecule has 0 heterocycles. The number of nitrogens with zero attached hydrogens (tertiary/aromatic N) is 2. The summed E-state index contributed by atoms with van der Waals surface area (Å²) in [5, 5.41) is 0. The Labute approximate surface area is 77.8 Å². The van der Waals surface area contributed by atoms with Crippen LogP contribution < -0.4 is 0 Å². The predicted octanol–water partition coefficient (Wildman–Crippen LogP) is 1.42. The van der Waals surface area contributed by atoms with Crippen LogP contribution in [0.4, 0.5) is 0 Å². The van der Waals surface area contributed by atoms with Crippen LogP contribution in [0.1, 0.15) is 19.8 Å². The van der Waals surface area contributed by atoms with Gasteiger partial charge in [0.25, 0.3) is 0 Å². The summed E-state index contributed by atoms with van der Waals surface area (Å²) in [7, 11) is 8.91. The molecule has 0 aromatic rings. The Morgan fingerprint density at radius 1 is 1.08 bits per heavy atom. The number of hydrogen-bond acceptors (Lipinski definition) is 1. The van der Waals surface area contributed by atoms with E-state index in [2.05, 4.69) is 40.0 Å². The maximum Gasteiger partial charge on any atom is 0.0911 e. The maximum absolute atomic E-state index is 2.32. The van der Waals surface area contributed by atoms with Crippen molar-refractivity contribution >= 4 is 0 Å². The first kappa shape index (κ1) is 11.9. The van der Waals surface area contributed by atoms with Crippen LogP contribution in [0, 0.1) is 0 Å². The van der Waals surface area contributed by atoms with Crippen molar-refractivity contribution in [3.05, 3.63) is 0 Å². The molecule has 2 heteroatoms. The van der Waals surface area contributed by atoms with E-state index in [1.165, 1.54) is 32.5 Å². The summed E-state index contributed by atoms with van der Waals surface area (Å²) in [6, 6.07) is 0. The molecule has 0 saturated carbocycles. The van der Waals surface area contributed by atoms with Crippen molar-refractivity contribution in [3.63, 3.8) is 0 Å². The van der Waals surface area contributed by atoms with Crippen LogP contribution in [0.15, 0.2) is 0 Å². The lowest BCUT2D eigenvalue weighted by Crippen LogP contribution is -2.44. The maximum atomic E-state index is 2.32. The van der Waals surface area contributed by atoms with Gasteiger partial charge in [-0.05, 0) is 20.5 Å². The topological polar surface area (TPSA) is 3.24 Å². The number of likely N-dealkylation sites (N-methyl/N-ethyl adjacent to an activating group) is 2. The molecule has 0 aromatic carbocycles. The molecule has 2 nitrogen and oxygen atoms in total. The molecule has 0 aliphatic heterocycles. The van der Waals surface area contributed by atoms with Crippen LogP contribution >= 0.6 is 0 Å². The molecule has 0 saturated heterocycles. The lowest BCUT2D eigenvalue weighted by atomic mass is 10.3. The minimum Gasteiger partial charge on any atom is -0.327 e. The third-order valence-corrected chi connectivity index (χ3v) is 2.27. The van der Waals surface area contributed by atoms with Gasteiger partial charge in [0.2, 0.25) is 0 Å². The Balaban J connectivity index is 3.56. The molecule has 0 rings (SSSR count). The molecule has 0 bridgehead atoms. The van der Waals surface area contributed by atoms with Gasteiger partial charge >= 0.3 is 0 Å². The number of rotatable bonds is 6. The molecule has 0 spiro atoms. The van der Waals surface area contributed by atoms with Crippen molar-refractivity contribution in [2.45, 2.75) is 19.8 Å². The van der Waals surface area contributed by atoms with Crippen LogP contribution in [0.2, 0.25) is 0 Å². The zero-order chi connectivity index (χ0) is 9.61.